The van der Waals surface area contributed by atoms with E-state index in [2.05, 4.69) is 36.5 Å². The highest BCUT2D eigenvalue weighted by molar-refractivity contribution is 7.99. The highest BCUT2D eigenvalue weighted by Gasteiger charge is 2.00. The molecule has 0 radical (unpaired) electrons. The number of nitrogens with one attached hydrogen (secondary N) is 1. The van der Waals surface area contributed by atoms with Crippen molar-refractivity contribution in [3.05, 3.63) is 29.8 Å². The number of amides is 1. The second kappa shape index (κ2) is 7.30. The summed E-state index contributed by atoms with van der Waals surface area (Å²) in [6, 6.07) is 8.25. The zero-order chi connectivity index (χ0) is 11.8. The number of aliphatic hydroxyl groups is 1. The quantitative estimate of drug-likeness (QED) is 0.741. The maximum atomic E-state index is 11.2. The zero-order valence-corrected chi connectivity index (χ0v) is 10.2. The van der Waals surface area contributed by atoms with Gasteiger partial charge in [-0.2, -0.15) is 0 Å². The summed E-state index contributed by atoms with van der Waals surface area (Å²) in [7, 11) is 0. The number of carbonyl (C=O) groups is 1. The van der Waals surface area contributed by atoms with Crippen molar-refractivity contribution >= 4 is 17.7 Å². The van der Waals surface area contributed by atoms with Gasteiger partial charge in [0.1, 0.15) is 0 Å². The van der Waals surface area contributed by atoms with Crippen LogP contribution in [0.4, 0.5) is 0 Å². The molecule has 0 spiro atoms. The molecule has 0 bridgehead atoms. The van der Waals surface area contributed by atoms with Gasteiger partial charge < -0.3 is 10.4 Å². The standard InChI is InChI=1S/C12H17NO2S/c1-10-2-4-11(5-3-10)16-9-6-12(15)13-7-8-14/h2-5,14H,6-9H2,1H3,(H,13,15). The molecule has 0 fully saturated rings. The van der Waals surface area contributed by atoms with E-state index < -0.39 is 0 Å². The third-order valence-corrected chi connectivity index (χ3v) is 3.07. The number of hydrogen-bond donors (Lipinski definition) is 2. The van der Waals surface area contributed by atoms with E-state index in [1.54, 1.807) is 11.8 Å². The van der Waals surface area contributed by atoms with Crippen molar-refractivity contribution in [2.24, 2.45) is 0 Å². The van der Waals surface area contributed by atoms with Crippen molar-refractivity contribution < 1.29 is 9.90 Å². The molecule has 0 aliphatic heterocycles. The van der Waals surface area contributed by atoms with Crippen LogP contribution in [0.25, 0.3) is 0 Å². The molecule has 3 nitrogen and oxygen atoms in total. The van der Waals surface area contributed by atoms with Crippen molar-refractivity contribution in [3.63, 3.8) is 0 Å². The molecule has 0 aromatic heterocycles. The van der Waals surface area contributed by atoms with E-state index in [-0.39, 0.29) is 12.5 Å². The van der Waals surface area contributed by atoms with Crippen molar-refractivity contribution in [2.45, 2.75) is 18.2 Å². The van der Waals surface area contributed by atoms with E-state index in [4.69, 9.17) is 5.11 Å². The number of carbonyl (C=O) groups excluding carboxylic acids is 1. The summed E-state index contributed by atoms with van der Waals surface area (Å²) < 4.78 is 0. The minimum atomic E-state index is -0.00587. The van der Waals surface area contributed by atoms with Gasteiger partial charge >= 0.3 is 0 Å². The number of thioether (sulfide) groups is 1. The van der Waals surface area contributed by atoms with Gasteiger partial charge in [0, 0.05) is 23.6 Å². The second-order valence-electron chi connectivity index (χ2n) is 3.49. The number of rotatable bonds is 6. The Balaban J connectivity index is 2.20. The Morgan fingerprint density at radius 3 is 2.69 bits per heavy atom. The lowest BCUT2D eigenvalue weighted by Gasteiger charge is -2.03. The van der Waals surface area contributed by atoms with Crippen LogP contribution in [-0.4, -0.2) is 29.9 Å². The number of hydrogen-bond acceptors (Lipinski definition) is 3. The molecule has 0 saturated carbocycles. The highest BCUT2D eigenvalue weighted by atomic mass is 32.2. The van der Waals surface area contributed by atoms with Crippen LogP contribution in [0, 0.1) is 6.92 Å². The van der Waals surface area contributed by atoms with Gasteiger partial charge in [0.2, 0.25) is 5.91 Å². The predicted molar refractivity (Wildman–Crippen MR) is 66.6 cm³/mol. The summed E-state index contributed by atoms with van der Waals surface area (Å²) >= 11 is 1.67. The summed E-state index contributed by atoms with van der Waals surface area (Å²) in [6.07, 6.45) is 0.485. The predicted octanol–water partition coefficient (Wildman–Crippen LogP) is 1.59. The third-order valence-electron chi connectivity index (χ3n) is 2.05. The first kappa shape index (κ1) is 13.1. The Bertz CT molecular complexity index is 324. The van der Waals surface area contributed by atoms with Crippen LogP contribution in [0.1, 0.15) is 12.0 Å². The minimum absolute atomic E-state index is 0.00313. The second-order valence-corrected chi connectivity index (χ2v) is 4.65. The molecular formula is C12H17NO2S. The molecular weight excluding hydrogens is 222 g/mol. The number of benzene rings is 1. The van der Waals surface area contributed by atoms with Gasteiger partial charge in [-0.1, -0.05) is 17.7 Å². The molecule has 4 heteroatoms. The molecule has 0 aliphatic rings. The normalized spacial score (nSPS) is 10.1. The van der Waals surface area contributed by atoms with E-state index in [1.165, 1.54) is 10.5 Å². The van der Waals surface area contributed by atoms with Crippen LogP contribution in [0.5, 0.6) is 0 Å². The molecule has 2 N–H and O–H groups in total. The van der Waals surface area contributed by atoms with Gasteiger partial charge in [-0.25, -0.2) is 0 Å². The first-order valence-electron chi connectivity index (χ1n) is 5.29. The topological polar surface area (TPSA) is 49.3 Å². The number of aliphatic hydroxyl groups excluding tert-OH is 1. The van der Waals surface area contributed by atoms with Gasteiger partial charge in [0.05, 0.1) is 6.61 Å². The lowest BCUT2D eigenvalue weighted by molar-refractivity contribution is -0.120. The van der Waals surface area contributed by atoms with Gasteiger partial charge in [0.25, 0.3) is 0 Å². The average molecular weight is 239 g/mol. The summed E-state index contributed by atoms with van der Waals surface area (Å²) in [5.74, 6) is 0.758. The van der Waals surface area contributed by atoms with E-state index in [9.17, 15) is 4.79 Å². The summed E-state index contributed by atoms with van der Waals surface area (Å²) in [6.45, 7) is 2.39. The van der Waals surface area contributed by atoms with Gasteiger partial charge in [-0.3, -0.25) is 4.79 Å². The largest absolute Gasteiger partial charge is 0.395 e. The highest BCUT2D eigenvalue weighted by Crippen LogP contribution is 2.18. The first-order chi connectivity index (χ1) is 7.72. The lowest BCUT2D eigenvalue weighted by Crippen LogP contribution is -2.26. The monoisotopic (exact) mass is 239 g/mol. The van der Waals surface area contributed by atoms with Gasteiger partial charge in [-0.05, 0) is 19.1 Å². The van der Waals surface area contributed by atoms with Crippen molar-refractivity contribution in [1.82, 2.24) is 5.32 Å². The molecule has 0 atom stereocenters. The summed E-state index contributed by atoms with van der Waals surface area (Å²) in [5, 5.41) is 11.2. The maximum absolute atomic E-state index is 11.2. The third kappa shape index (κ3) is 5.19. The maximum Gasteiger partial charge on any atom is 0.220 e. The van der Waals surface area contributed by atoms with Crippen molar-refractivity contribution in [3.8, 4) is 0 Å². The molecule has 0 heterocycles. The van der Waals surface area contributed by atoms with Crippen LogP contribution in [-0.2, 0) is 4.79 Å². The molecule has 0 saturated heterocycles. The Kier molecular flexibility index (Phi) is 5.96. The summed E-state index contributed by atoms with van der Waals surface area (Å²) in [5.41, 5.74) is 1.24. The van der Waals surface area contributed by atoms with E-state index in [0.717, 1.165) is 5.75 Å². The molecule has 16 heavy (non-hydrogen) atoms. The van der Waals surface area contributed by atoms with Crippen LogP contribution in [0.2, 0.25) is 0 Å². The smallest absolute Gasteiger partial charge is 0.220 e. The van der Waals surface area contributed by atoms with Crippen LogP contribution < -0.4 is 5.32 Å². The van der Waals surface area contributed by atoms with E-state index in [0.29, 0.717) is 13.0 Å². The molecule has 1 aromatic rings. The van der Waals surface area contributed by atoms with Gasteiger partial charge in [-0.15, -0.1) is 11.8 Å². The van der Waals surface area contributed by atoms with Crippen LogP contribution >= 0.6 is 11.8 Å². The van der Waals surface area contributed by atoms with Crippen LogP contribution in [0.3, 0.4) is 0 Å². The molecule has 0 aliphatic carbocycles. The fourth-order valence-electron chi connectivity index (χ4n) is 1.18. The Labute approximate surface area is 100 Å². The lowest BCUT2D eigenvalue weighted by atomic mass is 10.2. The Morgan fingerprint density at radius 1 is 1.38 bits per heavy atom. The van der Waals surface area contributed by atoms with Gasteiger partial charge in [0.15, 0.2) is 0 Å². The van der Waals surface area contributed by atoms with Crippen molar-refractivity contribution in [1.29, 1.82) is 0 Å². The average Bonchev–Trinajstić information content (AvgIpc) is 2.29. The molecule has 88 valence electrons. The zero-order valence-electron chi connectivity index (χ0n) is 9.40. The van der Waals surface area contributed by atoms with Crippen LogP contribution in [0.15, 0.2) is 29.2 Å². The molecule has 1 amide bonds. The molecule has 1 aromatic carbocycles. The SMILES string of the molecule is Cc1ccc(SCCC(=O)NCCO)cc1. The Morgan fingerprint density at radius 2 is 2.06 bits per heavy atom. The molecule has 0 unspecified atom stereocenters. The fourth-order valence-corrected chi connectivity index (χ4v) is 2.03. The fraction of sp³-hybridized carbons (Fsp3) is 0.417. The van der Waals surface area contributed by atoms with E-state index in [1.807, 2.05) is 0 Å². The Hall–Kier alpha value is -1.00. The van der Waals surface area contributed by atoms with E-state index >= 15 is 0 Å². The van der Waals surface area contributed by atoms with Crippen molar-refractivity contribution in [2.75, 3.05) is 18.9 Å². The minimum Gasteiger partial charge on any atom is -0.395 e. The summed E-state index contributed by atoms with van der Waals surface area (Å²) in [4.78, 5) is 12.4. The first-order valence-corrected chi connectivity index (χ1v) is 6.28. The molecule has 1 rings (SSSR count). The number of aryl methyl sites for hydroxylation is 1.